The lowest BCUT2D eigenvalue weighted by atomic mass is 10.1. The van der Waals surface area contributed by atoms with Crippen molar-refractivity contribution in [1.29, 1.82) is 0 Å². The second-order valence-electron chi connectivity index (χ2n) is 5.05. The molecule has 102 valence electrons. The van der Waals surface area contributed by atoms with Crippen LogP contribution in [-0.4, -0.2) is 24.9 Å². The fourth-order valence-electron chi connectivity index (χ4n) is 2.69. The van der Waals surface area contributed by atoms with E-state index < -0.39 is 0 Å². The fraction of sp³-hybridized carbons (Fsp3) is 0.385. The Morgan fingerprint density at radius 1 is 1.45 bits per heavy atom. The van der Waals surface area contributed by atoms with E-state index in [4.69, 9.17) is 5.53 Å². The molecule has 0 aromatic heterocycles. The Morgan fingerprint density at radius 2 is 2.30 bits per heavy atom. The molecule has 2 amide bonds. The first-order chi connectivity index (χ1) is 9.67. The van der Waals surface area contributed by atoms with Crippen LogP contribution >= 0.6 is 0 Å². The molecule has 1 saturated heterocycles. The average Bonchev–Trinajstić information content (AvgIpc) is 2.97. The fourth-order valence-corrected chi connectivity index (χ4v) is 2.69. The van der Waals surface area contributed by atoms with Gasteiger partial charge < -0.3 is 10.2 Å². The smallest absolute Gasteiger partial charge is 0.228 e. The van der Waals surface area contributed by atoms with Gasteiger partial charge in [-0.15, -0.1) is 0 Å². The molecule has 1 N–H and O–H groups in total. The summed E-state index contributed by atoms with van der Waals surface area (Å²) < 4.78 is 0. The van der Waals surface area contributed by atoms with Gasteiger partial charge in [-0.3, -0.25) is 9.59 Å². The summed E-state index contributed by atoms with van der Waals surface area (Å²) in [6, 6.07) is 5.53. The van der Waals surface area contributed by atoms with Crippen LogP contribution in [0.5, 0.6) is 0 Å². The molecule has 1 fully saturated rings. The standard InChI is InChI=1S/C13H13N5O2/c14-17-15-6-8-3-13(20)18(7-8)10-1-2-11-9(4-10)5-12(19)16-11/h1-2,4,8H,3,5-7H2,(H,16,19). The Kier molecular flexibility index (Phi) is 3.04. The molecule has 2 aliphatic rings. The topological polar surface area (TPSA) is 98.2 Å². The van der Waals surface area contributed by atoms with Gasteiger partial charge in [-0.1, -0.05) is 5.11 Å². The van der Waals surface area contributed by atoms with Crippen molar-refractivity contribution in [2.75, 3.05) is 23.3 Å². The van der Waals surface area contributed by atoms with E-state index in [0.717, 1.165) is 16.9 Å². The third-order valence-corrected chi connectivity index (χ3v) is 3.63. The summed E-state index contributed by atoms with van der Waals surface area (Å²) in [5.74, 6) is 0.0675. The van der Waals surface area contributed by atoms with Crippen LogP contribution < -0.4 is 10.2 Å². The Bertz CT molecular complexity index is 636. The highest BCUT2D eigenvalue weighted by molar-refractivity contribution is 6.01. The average molecular weight is 271 g/mol. The molecule has 1 unspecified atom stereocenters. The minimum absolute atomic E-state index is 0.0221. The second kappa shape index (κ2) is 4.86. The Hall–Kier alpha value is -2.53. The third-order valence-electron chi connectivity index (χ3n) is 3.63. The molecule has 20 heavy (non-hydrogen) atoms. The molecule has 7 heteroatoms. The van der Waals surface area contributed by atoms with Crippen molar-refractivity contribution < 1.29 is 9.59 Å². The van der Waals surface area contributed by atoms with Crippen LogP contribution in [0.2, 0.25) is 0 Å². The molecule has 1 aromatic rings. The molecule has 1 aromatic carbocycles. The lowest BCUT2D eigenvalue weighted by molar-refractivity contribution is -0.117. The van der Waals surface area contributed by atoms with Gasteiger partial charge in [0.1, 0.15) is 0 Å². The molecule has 2 heterocycles. The zero-order chi connectivity index (χ0) is 14.1. The Morgan fingerprint density at radius 3 is 3.10 bits per heavy atom. The second-order valence-corrected chi connectivity index (χ2v) is 5.05. The van der Waals surface area contributed by atoms with E-state index in [1.807, 2.05) is 18.2 Å². The summed E-state index contributed by atoms with van der Waals surface area (Å²) in [7, 11) is 0. The lowest BCUT2D eigenvalue weighted by Gasteiger charge is -2.17. The van der Waals surface area contributed by atoms with Crippen LogP contribution in [0.25, 0.3) is 10.4 Å². The van der Waals surface area contributed by atoms with Gasteiger partial charge in [0.05, 0.1) is 6.42 Å². The first kappa shape index (κ1) is 12.5. The summed E-state index contributed by atoms with van der Waals surface area (Å²) >= 11 is 0. The van der Waals surface area contributed by atoms with E-state index in [9.17, 15) is 9.59 Å². The molecular formula is C13H13N5O2. The minimum Gasteiger partial charge on any atom is -0.326 e. The highest BCUT2D eigenvalue weighted by Crippen LogP contribution is 2.31. The monoisotopic (exact) mass is 271 g/mol. The predicted molar refractivity (Wildman–Crippen MR) is 73.2 cm³/mol. The highest BCUT2D eigenvalue weighted by Gasteiger charge is 2.31. The maximum absolute atomic E-state index is 12.0. The number of benzene rings is 1. The van der Waals surface area contributed by atoms with Gasteiger partial charge >= 0.3 is 0 Å². The highest BCUT2D eigenvalue weighted by atomic mass is 16.2. The molecule has 0 radical (unpaired) electrons. The van der Waals surface area contributed by atoms with Gasteiger partial charge in [0, 0.05) is 35.8 Å². The van der Waals surface area contributed by atoms with Crippen LogP contribution in [0.4, 0.5) is 11.4 Å². The quantitative estimate of drug-likeness (QED) is 0.515. The number of carbonyl (C=O) groups excluding carboxylic acids is 2. The van der Waals surface area contributed by atoms with Gasteiger partial charge in [-0.2, -0.15) is 0 Å². The summed E-state index contributed by atoms with van der Waals surface area (Å²) in [5, 5.41) is 6.30. The van der Waals surface area contributed by atoms with E-state index in [2.05, 4.69) is 15.3 Å². The molecule has 0 bridgehead atoms. The van der Waals surface area contributed by atoms with Crippen molar-refractivity contribution in [3.05, 3.63) is 34.2 Å². The maximum atomic E-state index is 12.0. The lowest BCUT2D eigenvalue weighted by Crippen LogP contribution is -2.24. The number of fused-ring (bicyclic) bond motifs is 1. The molecule has 7 nitrogen and oxygen atoms in total. The third kappa shape index (κ3) is 2.19. The molecule has 2 aliphatic heterocycles. The largest absolute Gasteiger partial charge is 0.326 e. The van der Waals surface area contributed by atoms with Gasteiger partial charge in [-0.05, 0) is 35.2 Å². The van der Waals surface area contributed by atoms with E-state index in [-0.39, 0.29) is 17.7 Å². The molecular weight excluding hydrogens is 258 g/mol. The zero-order valence-electron chi connectivity index (χ0n) is 10.7. The number of carbonyl (C=O) groups is 2. The first-order valence-electron chi connectivity index (χ1n) is 6.41. The Labute approximate surface area is 115 Å². The number of azide groups is 1. The van der Waals surface area contributed by atoms with E-state index in [0.29, 0.717) is 25.9 Å². The van der Waals surface area contributed by atoms with Crippen molar-refractivity contribution in [2.24, 2.45) is 11.0 Å². The Balaban J connectivity index is 1.80. The van der Waals surface area contributed by atoms with E-state index >= 15 is 0 Å². The molecule has 0 saturated carbocycles. The summed E-state index contributed by atoms with van der Waals surface area (Å²) in [4.78, 5) is 27.8. The number of hydrogen-bond donors (Lipinski definition) is 1. The number of amides is 2. The van der Waals surface area contributed by atoms with Gasteiger partial charge in [0.2, 0.25) is 11.8 Å². The van der Waals surface area contributed by atoms with Crippen molar-refractivity contribution in [3.63, 3.8) is 0 Å². The van der Waals surface area contributed by atoms with Crippen LogP contribution in [0.1, 0.15) is 12.0 Å². The van der Waals surface area contributed by atoms with Crippen molar-refractivity contribution in [2.45, 2.75) is 12.8 Å². The number of nitrogens with zero attached hydrogens (tertiary/aromatic N) is 4. The van der Waals surface area contributed by atoms with Crippen LogP contribution in [0.3, 0.4) is 0 Å². The number of hydrogen-bond acceptors (Lipinski definition) is 3. The van der Waals surface area contributed by atoms with E-state index in [1.165, 1.54) is 0 Å². The first-order valence-corrected chi connectivity index (χ1v) is 6.41. The SMILES string of the molecule is [N-]=[N+]=NCC1CC(=O)N(c2ccc3c(c2)CC(=O)N3)C1. The van der Waals surface area contributed by atoms with Crippen molar-refractivity contribution in [1.82, 2.24) is 0 Å². The van der Waals surface area contributed by atoms with Crippen LogP contribution in [0, 0.1) is 5.92 Å². The number of anilines is 2. The molecule has 0 spiro atoms. The molecule has 1 atom stereocenters. The normalized spacial score (nSPS) is 20.6. The number of rotatable bonds is 3. The van der Waals surface area contributed by atoms with Gasteiger partial charge in [-0.25, -0.2) is 0 Å². The maximum Gasteiger partial charge on any atom is 0.228 e. The van der Waals surface area contributed by atoms with Crippen LogP contribution in [0.15, 0.2) is 23.3 Å². The number of nitrogens with one attached hydrogen (secondary N) is 1. The zero-order valence-corrected chi connectivity index (χ0v) is 10.7. The van der Waals surface area contributed by atoms with Gasteiger partial charge in [0.15, 0.2) is 0 Å². The van der Waals surface area contributed by atoms with E-state index in [1.54, 1.807) is 4.90 Å². The molecule has 0 aliphatic carbocycles. The van der Waals surface area contributed by atoms with Crippen molar-refractivity contribution >= 4 is 23.2 Å². The molecule has 3 rings (SSSR count). The summed E-state index contributed by atoms with van der Waals surface area (Å²) in [6.07, 6.45) is 0.751. The predicted octanol–water partition coefficient (Wildman–Crippen LogP) is 1.84. The summed E-state index contributed by atoms with van der Waals surface area (Å²) in [5.41, 5.74) is 10.9. The summed E-state index contributed by atoms with van der Waals surface area (Å²) in [6.45, 7) is 0.891. The van der Waals surface area contributed by atoms with Gasteiger partial charge in [0.25, 0.3) is 0 Å². The van der Waals surface area contributed by atoms with Crippen molar-refractivity contribution in [3.8, 4) is 0 Å². The minimum atomic E-state index is -0.0221. The van der Waals surface area contributed by atoms with Crippen LogP contribution in [-0.2, 0) is 16.0 Å².